The van der Waals surface area contributed by atoms with E-state index in [1.54, 1.807) is 42.5 Å². The number of hydrogen-bond acceptors (Lipinski definition) is 6. The fourth-order valence-electron chi connectivity index (χ4n) is 2.62. The number of hydrogen-bond donors (Lipinski definition) is 2. The predicted octanol–water partition coefficient (Wildman–Crippen LogP) is 1.32. The Morgan fingerprint density at radius 2 is 1.96 bits per heavy atom. The molecule has 3 rings (SSSR count). The summed E-state index contributed by atoms with van der Waals surface area (Å²) in [7, 11) is 1.39. The molecule has 0 radical (unpaired) electrons. The van der Waals surface area contributed by atoms with Crippen molar-refractivity contribution in [2.75, 3.05) is 19.4 Å². The molecule has 3 aromatic rings. The molecule has 146 valence electrons. The summed E-state index contributed by atoms with van der Waals surface area (Å²) in [6.45, 7) is 4.13. The molecule has 1 aromatic carbocycles. The Morgan fingerprint density at radius 1 is 1.25 bits per heavy atom. The van der Waals surface area contributed by atoms with Crippen LogP contribution in [0.4, 0.5) is 11.5 Å². The van der Waals surface area contributed by atoms with Crippen LogP contribution in [-0.4, -0.2) is 41.8 Å². The second kappa shape index (κ2) is 7.79. The summed E-state index contributed by atoms with van der Waals surface area (Å²) in [6, 6.07) is 6.36. The number of nitrogens with one attached hydrogen (secondary N) is 2. The Morgan fingerprint density at radius 3 is 2.54 bits per heavy atom. The van der Waals surface area contributed by atoms with Gasteiger partial charge >= 0.3 is 0 Å². The van der Waals surface area contributed by atoms with Crippen LogP contribution in [0.2, 0.25) is 0 Å². The second-order valence-corrected chi connectivity index (χ2v) is 7.79. The fraction of sp³-hybridized carbons (Fsp3) is 0.167. The van der Waals surface area contributed by atoms with E-state index in [2.05, 4.69) is 31.7 Å². The van der Waals surface area contributed by atoms with Gasteiger partial charge in [-0.15, -0.1) is 0 Å². The van der Waals surface area contributed by atoms with Gasteiger partial charge in [0.15, 0.2) is 11.3 Å². The Kier molecular flexibility index (Phi) is 5.43. The molecule has 0 aliphatic rings. The van der Waals surface area contributed by atoms with Crippen molar-refractivity contribution >= 4 is 27.2 Å². The van der Waals surface area contributed by atoms with Crippen LogP contribution in [0.3, 0.4) is 0 Å². The molecular weight excluding hydrogens is 378 g/mol. The summed E-state index contributed by atoms with van der Waals surface area (Å²) >= 11 is 0. The first-order valence-electron chi connectivity index (χ1n) is 8.35. The lowest BCUT2D eigenvalue weighted by molar-refractivity contribution is 0.588. The molecular formula is C18H21N7O2S. The Balaban J connectivity index is 1.94. The van der Waals surface area contributed by atoms with Crippen molar-refractivity contribution in [2.24, 2.45) is 12.0 Å². The van der Waals surface area contributed by atoms with Crippen molar-refractivity contribution in [2.45, 2.75) is 4.90 Å². The quantitative estimate of drug-likeness (QED) is 0.650. The first kappa shape index (κ1) is 19.5. The summed E-state index contributed by atoms with van der Waals surface area (Å²) < 4.78 is 29.5. The zero-order chi connectivity index (χ0) is 20.3. The van der Waals surface area contributed by atoms with Gasteiger partial charge in [-0.1, -0.05) is 6.58 Å². The van der Waals surface area contributed by atoms with Crippen LogP contribution in [0.1, 0.15) is 5.56 Å². The largest absolute Gasteiger partial charge is 0.337 e. The number of anilines is 2. The van der Waals surface area contributed by atoms with E-state index in [-0.39, 0.29) is 4.90 Å². The fourth-order valence-corrected chi connectivity index (χ4v) is 3.35. The molecule has 0 atom stereocenters. The van der Waals surface area contributed by atoms with Crippen LogP contribution in [-0.2, 0) is 17.1 Å². The summed E-state index contributed by atoms with van der Waals surface area (Å²) in [5.41, 5.74) is 2.81. The van der Waals surface area contributed by atoms with Crippen LogP contribution < -0.4 is 15.5 Å². The van der Waals surface area contributed by atoms with Gasteiger partial charge in [-0.3, -0.25) is 14.2 Å². The molecule has 0 bridgehead atoms. The molecule has 0 saturated heterocycles. The van der Waals surface area contributed by atoms with E-state index in [1.165, 1.54) is 19.2 Å². The third kappa shape index (κ3) is 3.87. The van der Waals surface area contributed by atoms with Gasteiger partial charge in [0.05, 0.1) is 16.8 Å². The van der Waals surface area contributed by atoms with Crippen LogP contribution in [0, 0.1) is 0 Å². The van der Waals surface area contributed by atoms with Gasteiger partial charge in [0, 0.05) is 43.9 Å². The van der Waals surface area contributed by atoms with Gasteiger partial charge in [0.25, 0.3) is 0 Å². The van der Waals surface area contributed by atoms with Crippen molar-refractivity contribution in [3.63, 3.8) is 0 Å². The number of nitrogens with zero attached hydrogens (tertiary/aromatic N) is 5. The highest BCUT2D eigenvalue weighted by molar-refractivity contribution is 7.89. The molecule has 2 N–H and O–H groups in total. The maximum atomic E-state index is 11.8. The molecule has 2 aromatic heterocycles. The maximum absolute atomic E-state index is 11.8. The number of rotatable bonds is 6. The Bertz CT molecular complexity index is 1180. The van der Waals surface area contributed by atoms with Gasteiger partial charge in [-0.2, -0.15) is 5.10 Å². The smallest absolute Gasteiger partial charge is 0.240 e. The van der Waals surface area contributed by atoms with E-state index in [0.717, 1.165) is 5.56 Å². The molecule has 0 aliphatic heterocycles. The third-order valence-corrected chi connectivity index (χ3v) is 5.53. The number of sulfonamides is 1. The lowest BCUT2D eigenvalue weighted by Gasteiger charge is -2.13. The molecule has 2 heterocycles. The van der Waals surface area contributed by atoms with Crippen LogP contribution in [0.5, 0.6) is 0 Å². The standard InChI is InChI=1S/C18H21N7O2S/c1-13(14-11-22-24(4)12-14)25-10-9-21-17(18(25)19-2)23-15-5-7-16(8-6-15)28(26,27)20-3/h5-12,20H,1H2,2-4H3,(H,21,23). The van der Waals surface area contributed by atoms with Crippen LogP contribution >= 0.6 is 0 Å². The summed E-state index contributed by atoms with van der Waals surface area (Å²) in [5.74, 6) is 0.513. The van der Waals surface area contributed by atoms with Crippen molar-refractivity contribution < 1.29 is 8.42 Å². The SMILES string of the molecule is C=C(c1cnn(C)c1)n1ccnc(Nc2ccc(S(=O)(=O)NC)cc2)c1=NC. The molecule has 0 spiro atoms. The van der Waals surface area contributed by atoms with Gasteiger partial charge in [0.2, 0.25) is 10.0 Å². The van der Waals surface area contributed by atoms with E-state index in [9.17, 15) is 8.42 Å². The van der Waals surface area contributed by atoms with E-state index < -0.39 is 10.0 Å². The van der Waals surface area contributed by atoms with Crippen molar-refractivity contribution in [3.05, 3.63) is 66.7 Å². The number of benzene rings is 1. The molecule has 0 amide bonds. The Labute approximate surface area is 163 Å². The van der Waals surface area contributed by atoms with Crippen molar-refractivity contribution in [1.29, 1.82) is 0 Å². The zero-order valence-electron chi connectivity index (χ0n) is 15.8. The molecule has 0 unspecified atom stereocenters. The molecule has 10 heteroatoms. The minimum absolute atomic E-state index is 0.182. The summed E-state index contributed by atoms with van der Waals surface area (Å²) in [4.78, 5) is 8.87. The van der Waals surface area contributed by atoms with E-state index in [1.807, 2.05) is 17.8 Å². The highest BCUT2D eigenvalue weighted by Crippen LogP contribution is 2.17. The third-order valence-electron chi connectivity index (χ3n) is 4.10. The summed E-state index contributed by atoms with van der Waals surface area (Å²) in [6.07, 6.45) is 7.00. The van der Waals surface area contributed by atoms with E-state index in [4.69, 9.17) is 0 Å². The number of aryl methyl sites for hydroxylation is 1. The molecule has 0 fully saturated rings. The lowest BCUT2D eigenvalue weighted by Crippen LogP contribution is -2.24. The van der Waals surface area contributed by atoms with Gasteiger partial charge in [-0.25, -0.2) is 18.1 Å². The average molecular weight is 399 g/mol. The molecule has 0 saturated carbocycles. The predicted molar refractivity (Wildman–Crippen MR) is 107 cm³/mol. The topological polar surface area (TPSA) is 106 Å². The highest BCUT2D eigenvalue weighted by atomic mass is 32.2. The maximum Gasteiger partial charge on any atom is 0.240 e. The van der Waals surface area contributed by atoms with Crippen molar-refractivity contribution in [3.8, 4) is 0 Å². The first-order valence-corrected chi connectivity index (χ1v) is 9.83. The molecule has 0 aliphatic carbocycles. The lowest BCUT2D eigenvalue weighted by atomic mass is 10.3. The average Bonchev–Trinajstić information content (AvgIpc) is 3.14. The van der Waals surface area contributed by atoms with Gasteiger partial charge < -0.3 is 5.32 Å². The minimum atomic E-state index is -3.48. The van der Waals surface area contributed by atoms with E-state index in [0.29, 0.717) is 22.7 Å². The first-order chi connectivity index (χ1) is 13.4. The van der Waals surface area contributed by atoms with E-state index >= 15 is 0 Å². The van der Waals surface area contributed by atoms with Crippen LogP contribution in [0.25, 0.3) is 5.70 Å². The highest BCUT2D eigenvalue weighted by Gasteiger charge is 2.12. The van der Waals surface area contributed by atoms with Crippen molar-refractivity contribution in [1.82, 2.24) is 24.1 Å². The van der Waals surface area contributed by atoms with Gasteiger partial charge in [-0.05, 0) is 31.3 Å². The molecule has 9 nitrogen and oxygen atoms in total. The Hall–Kier alpha value is -3.24. The monoisotopic (exact) mass is 399 g/mol. The van der Waals surface area contributed by atoms with Crippen LogP contribution in [0.15, 0.2) is 65.5 Å². The zero-order valence-corrected chi connectivity index (χ0v) is 16.6. The molecule has 28 heavy (non-hydrogen) atoms. The second-order valence-electron chi connectivity index (χ2n) is 5.90. The summed E-state index contributed by atoms with van der Waals surface area (Å²) in [5, 5.41) is 7.34. The minimum Gasteiger partial charge on any atom is -0.337 e. The normalized spacial score (nSPS) is 12.2. The number of aromatic nitrogens is 4. The van der Waals surface area contributed by atoms with Gasteiger partial charge in [0.1, 0.15) is 0 Å².